The molecule has 2 atom stereocenters. The molecule has 0 fully saturated rings. The molecule has 1 rings (SSSR count). The zero-order valence-corrected chi connectivity index (χ0v) is 23.7. The Labute approximate surface area is 221 Å². The van der Waals surface area contributed by atoms with Crippen LogP contribution in [0.3, 0.4) is 0 Å². The molecule has 1 aromatic carbocycles. The van der Waals surface area contributed by atoms with Gasteiger partial charge in [-0.15, -0.1) is 6.42 Å². The minimum atomic E-state index is -0.860. The van der Waals surface area contributed by atoms with E-state index >= 15 is 0 Å². The van der Waals surface area contributed by atoms with Gasteiger partial charge in [-0.05, 0) is 77.2 Å². The topological polar surface area (TPSA) is 87.7 Å². The predicted molar refractivity (Wildman–Crippen MR) is 148 cm³/mol. The molecule has 200 valence electrons. The van der Waals surface area contributed by atoms with Crippen molar-refractivity contribution >= 4 is 29.7 Å². The first-order chi connectivity index (χ1) is 16.9. The monoisotopic (exact) mass is 517 g/mol. The van der Waals surface area contributed by atoms with Gasteiger partial charge in [0.2, 0.25) is 11.8 Å². The van der Waals surface area contributed by atoms with E-state index in [9.17, 15) is 14.4 Å². The Kier molecular flexibility index (Phi) is 13.5. The number of benzene rings is 1. The van der Waals surface area contributed by atoms with Gasteiger partial charge in [0.25, 0.3) is 0 Å². The number of ether oxygens (including phenoxy) is 1. The number of nitrogens with zero attached hydrogens (tertiary/aromatic N) is 1. The average Bonchev–Trinajstić information content (AvgIpc) is 2.79. The fourth-order valence-electron chi connectivity index (χ4n) is 3.64. The summed E-state index contributed by atoms with van der Waals surface area (Å²) >= 11 is 1.58. The molecule has 0 spiro atoms. The van der Waals surface area contributed by atoms with E-state index in [1.54, 1.807) is 61.7 Å². The molecule has 1 aromatic rings. The highest BCUT2D eigenvalue weighted by Crippen LogP contribution is 2.25. The van der Waals surface area contributed by atoms with Gasteiger partial charge in [-0.25, -0.2) is 4.79 Å². The first kappa shape index (κ1) is 31.4. The van der Waals surface area contributed by atoms with E-state index in [1.165, 1.54) is 0 Å². The predicted octanol–water partition coefficient (Wildman–Crippen LogP) is 4.90. The lowest BCUT2D eigenvalue weighted by Gasteiger charge is -2.35. The highest BCUT2D eigenvalue weighted by atomic mass is 32.2. The van der Waals surface area contributed by atoms with Gasteiger partial charge in [-0.2, -0.15) is 11.8 Å². The van der Waals surface area contributed by atoms with Crippen molar-refractivity contribution in [2.24, 2.45) is 0 Å². The Morgan fingerprint density at radius 3 is 2.25 bits per heavy atom. The maximum absolute atomic E-state index is 14.0. The number of carbonyl (C=O) groups is 3. The van der Waals surface area contributed by atoms with E-state index in [-0.39, 0.29) is 17.9 Å². The first-order valence-corrected chi connectivity index (χ1v) is 14.0. The molecule has 0 heterocycles. The molecule has 0 aromatic heterocycles. The quantitative estimate of drug-likeness (QED) is 0.287. The van der Waals surface area contributed by atoms with Gasteiger partial charge >= 0.3 is 6.09 Å². The molecule has 0 radical (unpaired) electrons. The number of hydrogen-bond acceptors (Lipinski definition) is 5. The van der Waals surface area contributed by atoms with E-state index in [0.717, 1.165) is 19.3 Å². The van der Waals surface area contributed by atoms with Crippen molar-refractivity contribution in [3.8, 4) is 12.3 Å². The van der Waals surface area contributed by atoms with Gasteiger partial charge in [0.15, 0.2) is 0 Å². The summed E-state index contributed by atoms with van der Waals surface area (Å²) in [6.07, 6.45) is 9.83. The Morgan fingerprint density at radius 1 is 1.11 bits per heavy atom. The highest BCUT2D eigenvalue weighted by molar-refractivity contribution is 7.98. The van der Waals surface area contributed by atoms with Crippen molar-refractivity contribution in [3.63, 3.8) is 0 Å². The number of thioether (sulfide) groups is 1. The third kappa shape index (κ3) is 10.9. The summed E-state index contributed by atoms with van der Waals surface area (Å²) < 4.78 is 5.42. The summed E-state index contributed by atoms with van der Waals surface area (Å²) in [6, 6.07) is 5.32. The standard InChI is InChI=1S/C28H43N3O4S/c1-9-11-12-18-31(26(33)23(17-19-36-8)30-27(34)35-28(5,6)7)24(25(32)29-20(3)4)22-15-13-21(10-2)14-16-22/h2,13-16,20,23-24H,9,11-12,17-19H2,1,3-8H3,(H,29,32)(H,30,34). The average molecular weight is 518 g/mol. The van der Waals surface area contributed by atoms with Gasteiger partial charge in [-0.3, -0.25) is 9.59 Å². The zero-order chi connectivity index (χ0) is 27.3. The van der Waals surface area contributed by atoms with Crippen molar-refractivity contribution in [1.82, 2.24) is 15.5 Å². The molecule has 7 nitrogen and oxygen atoms in total. The van der Waals surface area contributed by atoms with Crippen molar-refractivity contribution in [2.45, 2.75) is 91.0 Å². The third-order valence-electron chi connectivity index (χ3n) is 5.27. The molecule has 8 heteroatoms. The zero-order valence-electron chi connectivity index (χ0n) is 22.8. The van der Waals surface area contributed by atoms with Crippen molar-refractivity contribution in [2.75, 3.05) is 18.6 Å². The summed E-state index contributed by atoms with van der Waals surface area (Å²) in [5, 5.41) is 5.72. The molecule has 0 aliphatic carbocycles. The number of alkyl carbamates (subject to hydrolysis) is 1. The van der Waals surface area contributed by atoms with Crippen molar-refractivity contribution < 1.29 is 19.1 Å². The molecular formula is C28H43N3O4S. The van der Waals surface area contributed by atoms with E-state index < -0.39 is 23.8 Å². The van der Waals surface area contributed by atoms with E-state index in [0.29, 0.717) is 29.8 Å². The van der Waals surface area contributed by atoms with Crippen LogP contribution in [0.2, 0.25) is 0 Å². The lowest BCUT2D eigenvalue weighted by Crippen LogP contribution is -2.53. The minimum absolute atomic E-state index is 0.107. The lowest BCUT2D eigenvalue weighted by atomic mass is 10.00. The Balaban J connectivity index is 3.46. The molecule has 3 amide bonds. The second kappa shape index (κ2) is 15.5. The molecule has 0 aliphatic heterocycles. The lowest BCUT2D eigenvalue weighted by molar-refractivity contribution is -0.142. The van der Waals surface area contributed by atoms with Crippen LogP contribution >= 0.6 is 11.8 Å². The Bertz CT molecular complexity index is 888. The van der Waals surface area contributed by atoms with Crippen LogP contribution in [0.5, 0.6) is 0 Å². The maximum atomic E-state index is 14.0. The number of rotatable bonds is 13. The summed E-state index contributed by atoms with van der Waals surface area (Å²) in [4.78, 5) is 41.7. The Hall–Kier alpha value is -2.66. The minimum Gasteiger partial charge on any atom is -0.444 e. The first-order valence-electron chi connectivity index (χ1n) is 12.6. The summed E-state index contributed by atoms with van der Waals surface area (Å²) in [5.74, 6) is 2.66. The molecule has 0 bridgehead atoms. The number of terminal acetylenes is 1. The van der Waals surface area contributed by atoms with Crippen LogP contribution in [-0.2, 0) is 14.3 Å². The van der Waals surface area contributed by atoms with Crippen molar-refractivity contribution in [3.05, 3.63) is 35.4 Å². The van der Waals surface area contributed by atoms with Gasteiger partial charge in [0, 0.05) is 18.2 Å². The number of hydrogen-bond donors (Lipinski definition) is 2. The smallest absolute Gasteiger partial charge is 0.408 e. The normalized spacial score (nSPS) is 12.9. The van der Waals surface area contributed by atoms with E-state index in [2.05, 4.69) is 23.5 Å². The number of amides is 3. The van der Waals surface area contributed by atoms with Gasteiger partial charge < -0.3 is 20.3 Å². The highest BCUT2D eigenvalue weighted by Gasteiger charge is 2.36. The largest absolute Gasteiger partial charge is 0.444 e. The fourth-order valence-corrected chi connectivity index (χ4v) is 4.11. The van der Waals surface area contributed by atoms with Gasteiger partial charge in [-0.1, -0.05) is 37.8 Å². The molecule has 0 saturated carbocycles. The van der Waals surface area contributed by atoms with Crippen LogP contribution in [0, 0.1) is 12.3 Å². The van der Waals surface area contributed by atoms with Crippen molar-refractivity contribution in [1.29, 1.82) is 0 Å². The van der Waals surface area contributed by atoms with Gasteiger partial charge in [0.05, 0.1) is 0 Å². The summed E-state index contributed by atoms with van der Waals surface area (Å²) in [5.41, 5.74) is 0.657. The second-order valence-corrected chi connectivity index (χ2v) is 11.0. The van der Waals surface area contributed by atoms with Gasteiger partial charge in [0.1, 0.15) is 17.7 Å². The number of unbranched alkanes of at least 4 members (excludes halogenated alkanes) is 2. The SMILES string of the molecule is C#Cc1ccc(C(C(=O)NC(C)C)N(CCCCC)C(=O)C(CCSC)NC(=O)OC(C)(C)C)cc1. The number of nitrogens with one attached hydrogen (secondary N) is 2. The summed E-state index contributed by atoms with van der Waals surface area (Å²) in [6.45, 7) is 11.5. The second-order valence-electron chi connectivity index (χ2n) is 10.1. The molecular weight excluding hydrogens is 474 g/mol. The molecule has 2 unspecified atom stereocenters. The van der Waals surface area contributed by atoms with Crippen LogP contribution < -0.4 is 10.6 Å². The maximum Gasteiger partial charge on any atom is 0.408 e. The van der Waals surface area contributed by atoms with Crippen LogP contribution in [0.1, 0.15) is 84.4 Å². The van der Waals surface area contributed by atoms with Crippen LogP contribution in [0.4, 0.5) is 4.79 Å². The molecule has 36 heavy (non-hydrogen) atoms. The molecule has 0 aliphatic rings. The fraction of sp³-hybridized carbons (Fsp3) is 0.607. The van der Waals surface area contributed by atoms with Crippen LogP contribution in [0.15, 0.2) is 24.3 Å². The molecule has 2 N–H and O–H groups in total. The summed E-state index contributed by atoms with van der Waals surface area (Å²) in [7, 11) is 0. The van der Waals surface area contributed by atoms with Crippen LogP contribution in [-0.4, -0.2) is 59.0 Å². The van der Waals surface area contributed by atoms with Crippen LogP contribution in [0.25, 0.3) is 0 Å². The van der Waals surface area contributed by atoms with E-state index in [4.69, 9.17) is 11.2 Å². The number of carbonyl (C=O) groups excluding carboxylic acids is 3. The Morgan fingerprint density at radius 2 is 1.75 bits per heavy atom. The van der Waals surface area contributed by atoms with E-state index in [1.807, 2.05) is 20.1 Å². The third-order valence-corrected chi connectivity index (χ3v) is 5.91. The molecule has 0 saturated heterocycles.